The van der Waals surface area contributed by atoms with Crippen molar-refractivity contribution in [3.8, 4) is 21.4 Å². The molecular formula is C39H30F6N16O5S2. The van der Waals surface area contributed by atoms with E-state index in [1.54, 1.807) is 51.2 Å². The van der Waals surface area contributed by atoms with Gasteiger partial charge in [0.15, 0.2) is 23.3 Å². The van der Waals surface area contributed by atoms with E-state index in [9.17, 15) is 41.0 Å². The van der Waals surface area contributed by atoms with Crippen LogP contribution in [0.5, 0.6) is 0 Å². The second kappa shape index (κ2) is 19.9. The van der Waals surface area contributed by atoms with Crippen molar-refractivity contribution in [3.63, 3.8) is 0 Å². The molecule has 1 aliphatic heterocycles. The van der Waals surface area contributed by atoms with Gasteiger partial charge in [0.25, 0.3) is 5.91 Å². The Kier molecular flexibility index (Phi) is 13.6. The third-order valence-electron chi connectivity index (χ3n) is 9.50. The van der Waals surface area contributed by atoms with E-state index >= 15 is 0 Å². The largest absolute Gasteiger partial charge is 0.478 e. The van der Waals surface area contributed by atoms with Crippen molar-refractivity contribution < 1.29 is 50.1 Å². The number of rotatable bonds is 12. The predicted octanol–water partition coefficient (Wildman–Crippen LogP) is 6.56. The van der Waals surface area contributed by atoms with Crippen LogP contribution in [0.1, 0.15) is 42.3 Å². The fourth-order valence-corrected chi connectivity index (χ4v) is 8.02. The van der Waals surface area contributed by atoms with Crippen LogP contribution in [0.3, 0.4) is 0 Å². The average molecular weight is 981 g/mol. The van der Waals surface area contributed by atoms with E-state index in [2.05, 4.69) is 74.6 Å². The lowest BCUT2D eigenvalue weighted by atomic mass is 10.2. The molecule has 0 aromatic carbocycles. The Bertz CT molecular complexity index is 2980. The molecule has 1 aliphatic rings. The van der Waals surface area contributed by atoms with Gasteiger partial charge in [-0.25, -0.2) is 14.8 Å². The number of anilines is 4. The first-order valence-electron chi connectivity index (χ1n) is 19.5. The first-order valence-corrected chi connectivity index (χ1v) is 21.2. The molecule has 9 rings (SSSR count). The highest BCUT2D eigenvalue weighted by molar-refractivity contribution is 7.15. The van der Waals surface area contributed by atoms with Crippen LogP contribution in [0.2, 0.25) is 0 Å². The van der Waals surface area contributed by atoms with Gasteiger partial charge >= 0.3 is 30.1 Å². The van der Waals surface area contributed by atoms with Crippen molar-refractivity contribution in [3.05, 3.63) is 119 Å². The lowest BCUT2D eigenvalue weighted by Gasteiger charge is -2.32. The maximum atomic E-state index is 13.1. The first-order chi connectivity index (χ1) is 32.6. The van der Waals surface area contributed by atoms with Crippen LogP contribution < -0.4 is 9.80 Å². The Morgan fingerprint density at radius 2 is 1.13 bits per heavy atom. The van der Waals surface area contributed by atoms with Crippen LogP contribution in [-0.2, 0) is 25.4 Å². The summed E-state index contributed by atoms with van der Waals surface area (Å²) in [6, 6.07) is 9.54. The lowest BCUT2D eigenvalue weighted by Crippen LogP contribution is -2.47. The van der Waals surface area contributed by atoms with Gasteiger partial charge < -0.3 is 33.8 Å². The molecule has 1 amide bonds. The van der Waals surface area contributed by atoms with Crippen LogP contribution in [0.15, 0.2) is 95.0 Å². The Hall–Kier alpha value is -7.92. The van der Waals surface area contributed by atoms with Crippen molar-refractivity contribution in [2.45, 2.75) is 25.4 Å². The molecule has 8 aromatic heterocycles. The molecule has 0 spiro atoms. The summed E-state index contributed by atoms with van der Waals surface area (Å²) < 4.78 is 85.2. The van der Waals surface area contributed by atoms with Crippen LogP contribution in [-0.4, -0.2) is 121 Å². The number of nitrogens with zero attached hydrogens (tertiary/aromatic N) is 16. The van der Waals surface area contributed by atoms with Gasteiger partial charge in [-0.1, -0.05) is 10.3 Å². The highest BCUT2D eigenvalue weighted by Crippen LogP contribution is 2.35. The molecule has 0 aliphatic carbocycles. The first kappa shape index (κ1) is 46.6. The molecule has 0 radical (unpaired) electrons. The number of carboxylic acid groups (broad SMARTS) is 1. The van der Waals surface area contributed by atoms with Gasteiger partial charge in [-0.2, -0.15) is 46.5 Å². The van der Waals surface area contributed by atoms with Crippen molar-refractivity contribution in [1.29, 1.82) is 0 Å². The Labute approximate surface area is 385 Å². The number of alkyl halides is 6. The zero-order valence-electron chi connectivity index (χ0n) is 34.6. The number of aromatic carboxylic acids is 1. The third-order valence-corrected chi connectivity index (χ3v) is 11.6. The summed E-state index contributed by atoms with van der Waals surface area (Å²) in [5, 5.41) is 32.0. The monoisotopic (exact) mass is 980 g/mol. The number of carbonyl (C=O) groups excluding carboxylic acids is 1. The number of amides is 1. The molecule has 1 fully saturated rings. The van der Waals surface area contributed by atoms with E-state index in [0.29, 0.717) is 50.7 Å². The molecule has 1 N–H and O–H groups in total. The van der Waals surface area contributed by atoms with Gasteiger partial charge in [-0.3, -0.25) is 14.8 Å². The summed E-state index contributed by atoms with van der Waals surface area (Å²) in [4.78, 5) is 57.3. The van der Waals surface area contributed by atoms with E-state index in [0.717, 1.165) is 35.5 Å². The molecule has 29 heteroatoms. The summed E-state index contributed by atoms with van der Waals surface area (Å²) in [5.41, 5.74) is 0.319. The number of hydrogen-bond donors (Lipinski definition) is 1. The lowest BCUT2D eigenvalue weighted by molar-refractivity contribution is -0.160. The van der Waals surface area contributed by atoms with Crippen molar-refractivity contribution in [2.75, 3.05) is 43.0 Å². The zero-order valence-corrected chi connectivity index (χ0v) is 36.3. The van der Waals surface area contributed by atoms with E-state index in [-0.39, 0.29) is 42.0 Å². The topological polar surface area (TPSA) is 248 Å². The fraction of sp³-hybridized carbons (Fsp3) is 0.231. The number of carboxylic acids is 1. The van der Waals surface area contributed by atoms with E-state index < -0.39 is 30.1 Å². The van der Waals surface area contributed by atoms with Gasteiger partial charge in [0.2, 0.25) is 11.6 Å². The maximum Gasteiger partial charge on any atom is 0.471 e. The maximum absolute atomic E-state index is 13.1. The quantitative estimate of drug-likeness (QED) is 0.127. The second-order valence-electron chi connectivity index (χ2n) is 14.2. The number of halogens is 6. The number of piperazine rings is 1. The van der Waals surface area contributed by atoms with Gasteiger partial charge in [0, 0.05) is 60.7 Å². The van der Waals surface area contributed by atoms with Crippen molar-refractivity contribution in [1.82, 2.24) is 70.4 Å². The minimum absolute atomic E-state index is 0.0720. The molecule has 21 nitrogen and oxygen atoms in total. The smallest absolute Gasteiger partial charge is 0.471 e. The molecule has 68 heavy (non-hydrogen) atoms. The number of hydrogen-bond acceptors (Lipinski definition) is 21. The molecule has 0 atom stereocenters. The van der Waals surface area contributed by atoms with Gasteiger partial charge in [-0.05, 0) is 43.4 Å². The van der Waals surface area contributed by atoms with Gasteiger partial charge in [0.05, 0.1) is 58.8 Å². The van der Waals surface area contributed by atoms with Gasteiger partial charge in [0.1, 0.15) is 0 Å². The molecule has 0 saturated carbocycles. The molecule has 0 bridgehead atoms. The molecular weight excluding hydrogens is 951 g/mol. The molecule has 350 valence electrons. The summed E-state index contributed by atoms with van der Waals surface area (Å²) in [6.07, 6.45) is 2.05. The Balaban J connectivity index is 0.000000187. The zero-order chi connectivity index (χ0) is 48.0. The Morgan fingerprint density at radius 1 is 0.662 bits per heavy atom. The van der Waals surface area contributed by atoms with Crippen molar-refractivity contribution >= 4 is 57.8 Å². The summed E-state index contributed by atoms with van der Waals surface area (Å²) in [7, 11) is 2.01. The third kappa shape index (κ3) is 11.2. The number of thiophene rings is 2. The van der Waals surface area contributed by atoms with Crippen LogP contribution >= 0.6 is 22.7 Å². The number of aromatic nitrogens is 12. The molecule has 9 heterocycles. The van der Waals surface area contributed by atoms with Crippen LogP contribution in [0.4, 0.5) is 49.6 Å². The SMILES string of the molecule is CN1CCN(C(=O)c2cnnc(N(Cc3ccc(-c4noc(C(F)(F)F)n4)s3)c3cnccn3)c2)CC1.O=C(O)c1cnnc(N(Cc2ccc(-c3noc(C(F)(F)F)n3)s2)c2cnccn2)c1. The summed E-state index contributed by atoms with van der Waals surface area (Å²) in [6.45, 7) is 3.19. The highest BCUT2D eigenvalue weighted by atomic mass is 32.1. The summed E-state index contributed by atoms with van der Waals surface area (Å²) in [5.74, 6) is -3.11. The normalized spacial score (nSPS) is 13.2. The molecule has 0 unspecified atom stereocenters. The summed E-state index contributed by atoms with van der Waals surface area (Å²) >= 11 is 2.32. The highest BCUT2D eigenvalue weighted by Gasteiger charge is 2.39. The van der Waals surface area contributed by atoms with Crippen molar-refractivity contribution in [2.24, 2.45) is 0 Å². The molecule has 8 aromatic rings. The predicted molar refractivity (Wildman–Crippen MR) is 225 cm³/mol. The van der Waals surface area contributed by atoms with Crippen LogP contribution in [0.25, 0.3) is 21.4 Å². The van der Waals surface area contributed by atoms with E-state index in [1.165, 1.54) is 54.6 Å². The minimum Gasteiger partial charge on any atom is -0.478 e. The fourth-order valence-electron chi connectivity index (χ4n) is 6.18. The molecule has 1 saturated heterocycles. The standard InChI is InChI=1S/C22H20F3N9O2S.C17H10F3N7O3S/c1-32-6-8-33(9-7-32)20(35)14-10-17(30-28-11-14)34(18-12-26-4-5-27-18)13-15-2-3-16(37-15)19-29-21(36-31-19)22(23,24)25;18-17(19,20)16-24-14(26-30-16)11-2-1-10(31-11)8-27(13-7-21-3-4-22-13)12-5-9(15(28)29)6-23-25-12/h2-5,10-12H,6-9,13H2,1H3;1-7H,8H2,(H,28,29). The number of carbonyl (C=O) groups is 2. The minimum atomic E-state index is -4.73. The number of likely N-dealkylation sites (N-methyl/N-ethyl adjacent to an activating group) is 1. The van der Waals surface area contributed by atoms with Gasteiger partial charge in [-0.15, -0.1) is 32.9 Å². The Morgan fingerprint density at radius 3 is 1.56 bits per heavy atom. The van der Waals surface area contributed by atoms with Crippen LogP contribution in [0, 0.1) is 0 Å². The van der Waals surface area contributed by atoms with E-state index in [1.807, 2.05) is 7.05 Å². The average Bonchev–Trinajstić information content (AvgIpc) is 4.19. The van der Waals surface area contributed by atoms with E-state index in [4.69, 9.17) is 0 Å². The second-order valence-corrected chi connectivity index (χ2v) is 16.5.